The maximum Gasteiger partial charge on any atom is 0.256 e. The molecule has 2 heterocycles. The van der Waals surface area contributed by atoms with E-state index in [0.717, 1.165) is 5.56 Å². The first-order valence-corrected chi connectivity index (χ1v) is 9.14. The normalized spacial score (nSPS) is 11.4. The highest BCUT2D eigenvalue weighted by Gasteiger charge is 2.29. The third-order valence-electron chi connectivity index (χ3n) is 4.88. The van der Waals surface area contributed by atoms with Crippen LogP contribution in [0.5, 0.6) is 11.5 Å². The first kappa shape index (κ1) is 19.5. The molecule has 0 unspecified atom stereocenters. The van der Waals surface area contributed by atoms with Gasteiger partial charge in [0.1, 0.15) is 11.5 Å². The van der Waals surface area contributed by atoms with Crippen LogP contribution < -0.4 is 11.1 Å². The number of aromatic nitrogens is 2. The molecule has 1 aromatic carbocycles. The Labute approximate surface area is 162 Å². The van der Waals surface area contributed by atoms with Crippen LogP contribution in [-0.2, 0) is 0 Å². The molecule has 0 aliphatic heterocycles. The zero-order valence-electron chi connectivity index (χ0n) is 16.3. The van der Waals surface area contributed by atoms with Gasteiger partial charge >= 0.3 is 0 Å². The van der Waals surface area contributed by atoms with Crippen LogP contribution in [-0.4, -0.2) is 20.2 Å². The number of aryl methyl sites for hydroxylation is 2. The molecule has 28 heavy (non-hydrogen) atoms. The third kappa shape index (κ3) is 3.58. The van der Waals surface area contributed by atoms with Gasteiger partial charge < -0.3 is 20.2 Å². The first-order chi connectivity index (χ1) is 13.2. The minimum Gasteiger partial charge on any atom is -0.507 e. The summed E-state index contributed by atoms with van der Waals surface area (Å²) in [7, 11) is 0. The standard InChI is InChI=1S/C22H24N2O4/c1-11(2)14-5-7-15(8-6-14)18(19-16(25)9-12(3)23-21(19)27)20-17(26)10-13(4)24-22(20)28/h5-11,18H,1-4H3,(H2,23,25,27)(H2,24,26,28). The molecule has 3 aromatic rings. The number of H-pyrrole nitrogens is 2. The molecule has 146 valence electrons. The van der Waals surface area contributed by atoms with Gasteiger partial charge in [0.15, 0.2) is 0 Å². The van der Waals surface area contributed by atoms with Crippen molar-refractivity contribution in [1.82, 2.24) is 9.97 Å². The molecule has 0 aliphatic carbocycles. The molecule has 0 fully saturated rings. The van der Waals surface area contributed by atoms with Crippen molar-refractivity contribution in [3.05, 3.63) is 90.7 Å². The molecule has 4 N–H and O–H groups in total. The predicted molar refractivity (Wildman–Crippen MR) is 108 cm³/mol. The Balaban J connectivity index is 2.33. The highest BCUT2D eigenvalue weighted by atomic mass is 16.3. The molecular formula is C22H24N2O4. The molecule has 3 rings (SSSR count). The number of hydrogen-bond acceptors (Lipinski definition) is 4. The summed E-state index contributed by atoms with van der Waals surface area (Å²) in [6.45, 7) is 7.46. The van der Waals surface area contributed by atoms with Gasteiger partial charge in [0, 0.05) is 11.4 Å². The lowest BCUT2D eigenvalue weighted by Gasteiger charge is -2.20. The number of pyridine rings is 2. The van der Waals surface area contributed by atoms with Gasteiger partial charge in [-0.05, 0) is 43.0 Å². The molecule has 0 saturated carbocycles. The lowest BCUT2D eigenvalue weighted by molar-refractivity contribution is 0.454. The van der Waals surface area contributed by atoms with E-state index in [9.17, 15) is 19.8 Å². The largest absolute Gasteiger partial charge is 0.507 e. The van der Waals surface area contributed by atoms with Crippen LogP contribution in [0.3, 0.4) is 0 Å². The van der Waals surface area contributed by atoms with E-state index in [1.165, 1.54) is 12.1 Å². The second-order valence-electron chi connectivity index (χ2n) is 7.42. The quantitative estimate of drug-likeness (QED) is 0.556. The van der Waals surface area contributed by atoms with Crippen molar-refractivity contribution in [2.45, 2.75) is 39.5 Å². The van der Waals surface area contributed by atoms with E-state index in [4.69, 9.17) is 0 Å². The van der Waals surface area contributed by atoms with Crippen LogP contribution in [0.4, 0.5) is 0 Å². The van der Waals surface area contributed by atoms with Gasteiger partial charge in [0.2, 0.25) is 0 Å². The smallest absolute Gasteiger partial charge is 0.256 e. The molecule has 6 heteroatoms. The Kier molecular flexibility index (Phi) is 5.14. The van der Waals surface area contributed by atoms with Crippen molar-refractivity contribution in [2.24, 2.45) is 0 Å². The molecule has 0 aliphatic rings. The number of rotatable bonds is 4. The predicted octanol–water partition coefficient (Wildman–Crippen LogP) is 3.39. The van der Waals surface area contributed by atoms with Crippen molar-refractivity contribution in [2.75, 3.05) is 0 Å². The fourth-order valence-electron chi connectivity index (χ4n) is 3.47. The molecule has 6 nitrogen and oxygen atoms in total. The van der Waals surface area contributed by atoms with Gasteiger partial charge in [-0.2, -0.15) is 0 Å². The van der Waals surface area contributed by atoms with Gasteiger partial charge in [0.05, 0.1) is 17.0 Å². The summed E-state index contributed by atoms with van der Waals surface area (Å²) in [6.07, 6.45) is 0. The third-order valence-corrected chi connectivity index (χ3v) is 4.88. The number of nitrogens with one attached hydrogen (secondary N) is 2. The number of benzene rings is 1. The van der Waals surface area contributed by atoms with Crippen LogP contribution >= 0.6 is 0 Å². The monoisotopic (exact) mass is 380 g/mol. The van der Waals surface area contributed by atoms with E-state index in [1.54, 1.807) is 13.8 Å². The van der Waals surface area contributed by atoms with Crippen LogP contribution in [0, 0.1) is 13.8 Å². The van der Waals surface area contributed by atoms with Gasteiger partial charge in [-0.1, -0.05) is 38.1 Å². The summed E-state index contributed by atoms with van der Waals surface area (Å²) in [5.74, 6) is -1.05. The molecule has 0 spiro atoms. The summed E-state index contributed by atoms with van der Waals surface area (Å²) in [5, 5.41) is 21.1. The van der Waals surface area contributed by atoms with Gasteiger partial charge in [-0.25, -0.2) is 0 Å². The van der Waals surface area contributed by atoms with Gasteiger partial charge in [-0.3, -0.25) is 9.59 Å². The van der Waals surface area contributed by atoms with Crippen LogP contribution in [0.2, 0.25) is 0 Å². The molecule has 2 aromatic heterocycles. The Hall–Kier alpha value is -3.28. The molecule has 0 atom stereocenters. The molecule has 0 saturated heterocycles. The summed E-state index contributed by atoms with van der Waals surface area (Å²) < 4.78 is 0. The maximum absolute atomic E-state index is 12.7. The average Bonchev–Trinajstić information content (AvgIpc) is 2.58. The van der Waals surface area contributed by atoms with E-state index >= 15 is 0 Å². The van der Waals surface area contributed by atoms with E-state index in [0.29, 0.717) is 22.9 Å². The van der Waals surface area contributed by atoms with E-state index in [2.05, 4.69) is 23.8 Å². The number of hydrogen-bond donors (Lipinski definition) is 4. The molecule has 0 radical (unpaired) electrons. The second kappa shape index (κ2) is 7.38. The average molecular weight is 380 g/mol. The first-order valence-electron chi connectivity index (χ1n) is 9.14. The van der Waals surface area contributed by atoms with E-state index in [1.807, 2.05) is 24.3 Å². The van der Waals surface area contributed by atoms with Crippen LogP contribution in [0.25, 0.3) is 0 Å². The molecule has 0 bridgehead atoms. The van der Waals surface area contributed by atoms with Crippen molar-refractivity contribution >= 4 is 0 Å². The lowest BCUT2D eigenvalue weighted by Crippen LogP contribution is -2.24. The van der Waals surface area contributed by atoms with Crippen molar-refractivity contribution < 1.29 is 10.2 Å². The van der Waals surface area contributed by atoms with Crippen molar-refractivity contribution in [1.29, 1.82) is 0 Å². The minimum atomic E-state index is -0.921. The Morgan fingerprint density at radius 1 is 0.750 bits per heavy atom. The zero-order chi connectivity index (χ0) is 20.6. The second-order valence-corrected chi connectivity index (χ2v) is 7.42. The van der Waals surface area contributed by atoms with Crippen LogP contribution in [0.1, 0.15) is 59.3 Å². The Bertz CT molecular complexity index is 1060. The zero-order valence-corrected chi connectivity index (χ0v) is 16.3. The van der Waals surface area contributed by atoms with E-state index in [-0.39, 0.29) is 22.6 Å². The summed E-state index contributed by atoms with van der Waals surface area (Å²) >= 11 is 0. The lowest BCUT2D eigenvalue weighted by atomic mass is 9.84. The minimum absolute atomic E-state index is 0.0209. The molecular weight excluding hydrogens is 356 g/mol. The summed E-state index contributed by atoms with van der Waals surface area (Å²) in [6, 6.07) is 10.4. The summed E-state index contributed by atoms with van der Waals surface area (Å²) in [5.41, 5.74) is 1.76. The summed E-state index contributed by atoms with van der Waals surface area (Å²) in [4.78, 5) is 30.7. The fourth-order valence-corrected chi connectivity index (χ4v) is 3.47. The maximum atomic E-state index is 12.7. The molecule has 0 amide bonds. The number of aromatic amines is 2. The SMILES string of the molecule is Cc1cc(O)c(C(c2ccc(C(C)C)cc2)c2c(O)cc(C)[nH]c2=O)c(=O)[nH]1. The Morgan fingerprint density at radius 3 is 1.50 bits per heavy atom. The van der Waals surface area contributed by atoms with E-state index < -0.39 is 17.0 Å². The topological polar surface area (TPSA) is 106 Å². The fraction of sp³-hybridized carbons (Fsp3) is 0.273. The highest BCUT2D eigenvalue weighted by molar-refractivity contribution is 5.52. The Morgan fingerprint density at radius 2 is 1.14 bits per heavy atom. The van der Waals surface area contributed by atoms with Gasteiger partial charge in [0.25, 0.3) is 11.1 Å². The van der Waals surface area contributed by atoms with Crippen molar-refractivity contribution in [3.63, 3.8) is 0 Å². The van der Waals surface area contributed by atoms with Crippen LogP contribution in [0.15, 0.2) is 46.0 Å². The van der Waals surface area contributed by atoms with Crippen molar-refractivity contribution in [3.8, 4) is 11.5 Å². The number of aromatic hydroxyl groups is 2. The van der Waals surface area contributed by atoms with Gasteiger partial charge in [-0.15, -0.1) is 0 Å². The highest BCUT2D eigenvalue weighted by Crippen LogP contribution is 2.37.